The fourth-order valence-corrected chi connectivity index (χ4v) is 6.59. The predicted octanol–water partition coefficient (Wildman–Crippen LogP) is 3.26. The van der Waals surface area contributed by atoms with Gasteiger partial charge in [0.05, 0.1) is 11.1 Å². The van der Waals surface area contributed by atoms with Gasteiger partial charge in [0.2, 0.25) is 5.91 Å². The minimum absolute atomic E-state index is 0.0220. The van der Waals surface area contributed by atoms with Crippen molar-refractivity contribution in [3.8, 4) is 5.75 Å². The molecule has 1 aromatic rings. The van der Waals surface area contributed by atoms with E-state index in [1.165, 1.54) is 19.3 Å². The van der Waals surface area contributed by atoms with Gasteiger partial charge < -0.3 is 14.9 Å². The Hall–Kier alpha value is -1.71. The van der Waals surface area contributed by atoms with Gasteiger partial charge in [-0.05, 0) is 68.4 Å². The van der Waals surface area contributed by atoms with Gasteiger partial charge in [-0.2, -0.15) is 0 Å². The van der Waals surface area contributed by atoms with Crippen LogP contribution in [0.5, 0.6) is 5.75 Å². The van der Waals surface area contributed by atoms with E-state index in [-0.39, 0.29) is 5.41 Å². The van der Waals surface area contributed by atoms with Gasteiger partial charge in [-0.1, -0.05) is 12.1 Å². The second kappa shape index (κ2) is 5.65. The Kier molecular flexibility index (Phi) is 3.51. The zero-order valence-corrected chi connectivity index (χ0v) is 14.9. The van der Waals surface area contributed by atoms with E-state index in [1.807, 2.05) is 18.2 Å². The number of nitrogens with zero attached hydrogens (tertiary/aromatic N) is 2. The van der Waals surface area contributed by atoms with Crippen LogP contribution in [0.25, 0.3) is 0 Å². The molecule has 4 heteroatoms. The SMILES string of the molecule is O=C(N1CCN(c2ccccc2O)CC1)C12CC3CC(CC(C3)C1)C2. The lowest BCUT2D eigenvalue weighted by molar-refractivity contribution is -0.158. The monoisotopic (exact) mass is 340 g/mol. The van der Waals surface area contributed by atoms with E-state index in [9.17, 15) is 9.90 Å². The number of hydrogen-bond donors (Lipinski definition) is 1. The van der Waals surface area contributed by atoms with Crippen LogP contribution < -0.4 is 4.90 Å². The van der Waals surface area contributed by atoms with Crippen molar-refractivity contribution in [3.63, 3.8) is 0 Å². The van der Waals surface area contributed by atoms with Gasteiger partial charge in [-0.15, -0.1) is 0 Å². The van der Waals surface area contributed by atoms with Crippen LogP contribution in [-0.4, -0.2) is 42.1 Å². The minimum atomic E-state index is -0.0220. The van der Waals surface area contributed by atoms with Crippen LogP contribution in [0.2, 0.25) is 0 Å². The summed E-state index contributed by atoms with van der Waals surface area (Å²) >= 11 is 0. The summed E-state index contributed by atoms with van der Waals surface area (Å²) in [6.07, 6.45) is 7.60. The Balaban J connectivity index is 1.28. The highest BCUT2D eigenvalue weighted by Crippen LogP contribution is 2.60. The summed E-state index contributed by atoms with van der Waals surface area (Å²) in [5.41, 5.74) is 0.871. The first-order valence-electron chi connectivity index (χ1n) is 9.95. The molecule has 0 atom stereocenters. The van der Waals surface area contributed by atoms with Gasteiger partial charge in [-0.25, -0.2) is 0 Å². The number of hydrogen-bond acceptors (Lipinski definition) is 3. The molecule has 134 valence electrons. The highest BCUT2D eigenvalue weighted by atomic mass is 16.3. The maximum atomic E-state index is 13.4. The summed E-state index contributed by atoms with van der Waals surface area (Å²) in [5, 5.41) is 10.1. The molecule has 1 heterocycles. The van der Waals surface area contributed by atoms with Crippen molar-refractivity contribution in [2.75, 3.05) is 31.1 Å². The number of carbonyl (C=O) groups excluding carboxylic acids is 1. The van der Waals surface area contributed by atoms with Crippen LogP contribution in [0.4, 0.5) is 5.69 Å². The summed E-state index contributed by atoms with van der Waals surface area (Å²) in [5.74, 6) is 3.24. The molecule has 4 saturated carbocycles. The first-order valence-corrected chi connectivity index (χ1v) is 9.95. The van der Waals surface area contributed by atoms with E-state index >= 15 is 0 Å². The average Bonchev–Trinajstić information content (AvgIpc) is 2.61. The fraction of sp³-hybridized carbons (Fsp3) is 0.667. The second-order valence-electron chi connectivity index (χ2n) is 8.97. The molecule has 4 bridgehead atoms. The highest BCUT2D eigenvalue weighted by Gasteiger charge is 2.55. The molecular formula is C21H28N2O2. The number of anilines is 1. The van der Waals surface area contributed by atoms with Gasteiger partial charge in [0.15, 0.2) is 0 Å². The molecule has 0 aromatic heterocycles. The number of phenols is 1. The van der Waals surface area contributed by atoms with Crippen molar-refractivity contribution >= 4 is 11.6 Å². The lowest BCUT2D eigenvalue weighted by atomic mass is 9.49. The van der Waals surface area contributed by atoms with Crippen LogP contribution in [0.1, 0.15) is 38.5 Å². The van der Waals surface area contributed by atoms with E-state index in [2.05, 4.69) is 9.80 Å². The van der Waals surface area contributed by atoms with E-state index in [0.717, 1.165) is 68.9 Å². The maximum absolute atomic E-state index is 13.4. The quantitative estimate of drug-likeness (QED) is 0.899. The smallest absolute Gasteiger partial charge is 0.228 e. The molecule has 1 N–H and O–H groups in total. The molecule has 6 rings (SSSR count). The van der Waals surface area contributed by atoms with E-state index in [4.69, 9.17) is 0 Å². The molecule has 1 aromatic carbocycles. The summed E-state index contributed by atoms with van der Waals surface area (Å²) in [4.78, 5) is 17.8. The molecular weight excluding hydrogens is 312 g/mol. The zero-order chi connectivity index (χ0) is 17.0. The molecule has 0 radical (unpaired) electrons. The lowest BCUT2D eigenvalue weighted by Crippen LogP contribution is -2.58. The molecule has 0 spiro atoms. The maximum Gasteiger partial charge on any atom is 0.228 e. The third kappa shape index (κ3) is 2.52. The standard InChI is InChI=1S/C21H28N2O2/c24-19-4-2-1-3-18(19)22-5-7-23(8-6-22)20(25)21-12-15-9-16(13-21)11-17(10-15)14-21/h1-4,15-17,24H,5-14H2. The van der Waals surface area contributed by atoms with Crippen molar-refractivity contribution < 1.29 is 9.90 Å². The molecule has 5 aliphatic rings. The summed E-state index contributed by atoms with van der Waals surface area (Å²) in [6, 6.07) is 7.52. The van der Waals surface area contributed by atoms with Gasteiger partial charge in [0, 0.05) is 26.2 Å². The van der Waals surface area contributed by atoms with Gasteiger partial charge >= 0.3 is 0 Å². The molecule has 1 aliphatic heterocycles. The fourth-order valence-electron chi connectivity index (χ4n) is 6.59. The largest absolute Gasteiger partial charge is 0.506 e. The van der Waals surface area contributed by atoms with E-state index in [1.54, 1.807) is 6.07 Å². The molecule has 0 unspecified atom stereocenters. The first kappa shape index (κ1) is 15.5. The number of para-hydroxylation sites is 2. The predicted molar refractivity (Wildman–Crippen MR) is 97.5 cm³/mol. The number of rotatable bonds is 2. The van der Waals surface area contributed by atoms with E-state index < -0.39 is 0 Å². The summed E-state index contributed by atoms with van der Waals surface area (Å²) in [7, 11) is 0. The Morgan fingerprint density at radius 2 is 1.48 bits per heavy atom. The number of piperazine rings is 1. The molecule has 5 fully saturated rings. The Morgan fingerprint density at radius 1 is 0.920 bits per heavy atom. The molecule has 25 heavy (non-hydrogen) atoms. The van der Waals surface area contributed by atoms with Crippen molar-refractivity contribution in [2.24, 2.45) is 23.2 Å². The van der Waals surface area contributed by atoms with Crippen LogP contribution >= 0.6 is 0 Å². The molecule has 4 nitrogen and oxygen atoms in total. The normalized spacial score (nSPS) is 36.7. The summed E-state index contributed by atoms with van der Waals surface area (Å²) < 4.78 is 0. The second-order valence-corrected chi connectivity index (χ2v) is 8.97. The van der Waals surface area contributed by atoms with Gasteiger partial charge in [0.1, 0.15) is 5.75 Å². The van der Waals surface area contributed by atoms with Crippen LogP contribution in [0.3, 0.4) is 0 Å². The van der Waals surface area contributed by atoms with Gasteiger partial charge in [0.25, 0.3) is 0 Å². The van der Waals surface area contributed by atoms with Crippen molar-refractivity contribution in [2.45, 2.75) is 38.5 Å². The first-order chi connectivity index (χ1) is 12.1. The number of carbonyl (C=O) groups is 1. The Labute approximate surface area is 149 Å². The summed E-state index contributed by atoms with van der Waals surface area (Å²) in [6.45, 7) is 3.20. The van der Waals surface area contributed by atoms with E-state index in [0.29, 0.717) is 11.7 Å². The molecule has 1 amide bonds. The topological polar surface area (TPSA) is 43.8 Å². The zero-order valence-electron chi connectivity index (χ0n) is 14.9. The van der Waals surface area contributed by atoms with Crippen molar-refractivity contribution in [3.05, 3.63) is 24.3 Å². The van der Waals surface area contributed by atoms with Crippen LogP contribution in [-0.2, 0) is 4.79 Å². The van der Waals surface area contributed by atoms with Crippen LogP contribution in [0.15, 0.2) is 24.3 Å². The van der Waals surface area contributed by atoms with Gasteiger partial charge in [-0.3, -0.25) is 4.79 Å². The lowest BCUT2D eigenvalue weighted by Gasteiger charge is -2.57. The Bertz CT molecular complexity index is 643. The number of amides is 1. The minimum Gasteiger partial charge on any atom is -0.506 e. The van der Waals surface area contributed by atoms with Crippen LogP contribution in [0, 0.1) is 23.2 Å². The number of phenolic OH excluding ortho intramolecular Hbond substituents is 1. The van der Waals surface area contributed by atoms with Crippen molar-refractivity contribution in [1.29, 1.82) is 0 Å². The third-order valence-electron chi connectivity index (χ3n) is 7.28. The number of aromatic hydroxyl groups is 1. The highest BCUT2D eigenvalue weighted by molar-refractivity contribution is 5.83. The molecule has 4 aliphatic carbocycles. The van der Waals surface area contributed by atoms with Crippen molar-refractivity contribution in [1.82, 2.24) is 4.90 Å². The Morgan fingerprint density at radius 3 is 2.04 bits per heavy atom. The average molecular weight is 340 g/mol. The number of benzene rings is 1. The molecule has 1 saturated heterocycles. The third-order valence-corrected chi connectivity index (χ3v) is 7.28.